The smallest absolute Gasteiger partial charge is 0.249 e. The third-order valence-electron chi connectivity index (χ3n) is 2.75. The first kappa shape index (κ1) is 15.5. The van der Waals surface area contributed by atoms with E-state index >= 15 is 0 Å². The number of aromatic nitrogens is 2. The van der Waals surface area contributed by atoms with Crippen LogP contribution in [-0.4, -0.2) is 22.8 Å². The van der Waals surface area contributed by atoms with Crippen molar-refractivity contribution in [2.75, 3.05) is 6.54 Å². The number of benzene rings is 1. The Morgan fingerprint density at radius 1 is 1.35 bits per heavy atom. The highest BCUT2D eigenvalue weighted by Crippen LogP contribution is 2.29. The lowest BCUT2D eigenvalue weighted by atomic mass is 10.2. The normalized spacial score (nSPS) is 11.2. The van der Waals surface area contributed by atoms with Crippen molar-refractivity contribution in [3.63, 3.8) is 0 Å². The van der Waals surface area contributed by atoms with Gasteiger partial charge < -0.3 is 9.73 Å². The van der Waals surface area contributed by atoms with Gasteiger partial charge in [0.15, 0.2) is 0 Å². The van der Waals surface area contributed by atoms with E-state index < -0.39 is 0 Å². The van der Waals surface area contributed by atoms with E-state index in [2.05, 4.69) is 45.3 Å². The average molecular weight is 359 g/mol. The van der Waals surface area contributed by atoms with Gasteiger partial charge in [-0.1, -0.05) is 41.4 Å². The van der Waals surface area contributed by atoms with E-state index in [1.54, 1.807) is 6.07 Å². The first-order valence-corrected chi connectivity index (χ1v) is 7.74. The molecule has 0 fully saturated rings. The Kier molecular flexibility index (Phi) is 5.57. The molecule has 0 spiro atoms. The fourth-order valence-electron chi connectivity index (χ4n) is 1.76. The first-order chi connectivity index (χ1) is 9.56. The zero-order chi connectivity index (χ0) is 14.5. The van der Waals surface area contributed by atoms with Crippen LogP contribution in [0.15, 0.2) is 27.1 Å². The summed E-state index contributed by atoms with van der Waals surface area (Å²) in [6, 6.07) is 6.05. The summed E-state index contributed by atoms with van der Waals surface area (Å²) >= 11 is 9.55. The number of rotatable bonds is 6. The molecule has 0 saturated heterocycles. The minimum Gasteiger partial charge on any atom is -0.421 e. The van der Waals surface area contributed by atoms with Crippen LogP contribution in [0, 0.1) is 0 Å². The fraction of sp³-hybridized carbons (Fsp3) is 0.429. The summed E-state index contributed by atoms with van der Waals surface area (Å²) in [5.41, 5.74) is 0.750. The van der Waals surface area contributed by atoms with Crippen molar-refractivity contribution >= 4 is 27.5 Å². The molecule has 0 aliphatic rings. The Morgan fingerprint density at radius 2 is 2.15 bits per heavy atom. The van der Waals surface area contributed by atoms with Crippen molar-refractivity contribution in [1.82, 2.24) is 15.5 Å². The van der Waals surface area contributed by atoms with Gasteiger partial charge in [-0.25, -0.2) is 0 Å². The maximum Gasteiger partial charge on any atom is 0.249 e. The summed E-state index contributed by atoms with van der Waals surface area (Å²) in [5.74, 6) is 1.10. The zero-order valence-electron chi connectivity index (χ0n) is 11.5. The van der Waals surface area contributed by atoms with Gasteiger partial charge in [-0.15, -0.1) is 10.2 Å². The second-order valence-corrected chi connectivity index (χ2v) is 6.16. The van der Waals surface area contributed by atoms with Crippen molar-refractivity contribution in [3.05, 3.63) is 33.6 Å². The molecule has 108 valence electrons. The molecule has 0 aliphatic carbocycles. The van der Waals surface area contributed by atoms with Gasteiger partial charge >= 0.3 is 0 Å². The minimum atomic E-state index is 0.461. The molecular weight excluding hydrogens is 342 g/mol. The van der Waals surface area contributed by atoms with Crippen molar-refractivity contribution in [1.29, 1.82) is 0 Å². The van der Waals surface area contributed by atoms with Gasteiger partial charge in [0.05, 0.1) is 10.6 Å². The Morgan fingerprint density at radius 3 is 2.90 bits per heavy atom. The maximum atomic E-state index is 6.14. The van der Waals surface area contributed by atoms with E-state index in [4.69, 9.17) is 16.0 Å². The molecule has 0 atom stereocenters. The van der Waals surface area contributed by atoms with Crippen molar-refractivity contribution in [3.8, 4) is 11.5 Å². The molecular formula is C14H17BrClN3O. The third kappa shape index (κ3) is 4.30. The van der Waals surface area contributed by atoms with E-state index in [9.17, 15) is 0 Å². The summed E-state index contributed by atoms with van der Waals surface area (Å²) in [7, 11) is 0. The Balaban J connectivity index is 2.00. The second kappa shape index (κ2) is 7.20. The molecule has 1 heterocycles. The van der Waals surface area contributed by atoms with Crippen LogP contribution in [-0.2, 0) is 6.42 Å². The molecule has 0 radical (unpaired) electrons. The number of nitrogens with one attached hydrogen (secondary N) is 1. The highest BCUT2D eigenvalue weighted by Gasteiger charge is 2.12. The molecule has 2 aromatic rings. The van der Waals surface area contributed by atoms with Crippen LogP contribution in [0.5, 0.6) is 0 Å². The molecule has 0 unspecified atom stereocenters. The summed E-state index contributed by atoms with van der Waals surface area (Å²) in [4.78, 5) is 0. The van der Waals surface area contributed by atoms with E-state index in [-0.39, 0.29) is 0 Å². The standard InChI is InChI=1S/C14H17BrClN3O/c1-9(2)17-7-3-4-13-18-19-14(20-13)11-8-10(15)5-6-12(11)16/h5-6,8-9,17H,3-4,7H2,1-2H3. The van der Waals surface area contributed by atoms with Crippen molar-refractivity contribution < 1.29 is 4.42 Å². The summed E-state index contributed by atoms with van der Waals surface area (Å²) in [5, 5.41) is 12.1. The van der Waals surface area contributed by atoms with E-state index in [0.717, 1.165) is 29.4 Å². The third-order valence-corrected chi connectivity index (χ3v) is 3.57. The van der Waals surface area contributed by atoms with Gasteiger partial charge in [-0.05, 0) is 31.2 Å². The van der Waals surface area contributed by atoms with Crippen molar-refractivity contribution in [2.45, 2.75) is 32.7 Å². The van der Waals surface area contributed by atoms with Gasteiger partial charge in [0.25, 0.3) is 0 Å². The Bertz CT molecular complexity index is 571. The molecule has 20 heavy (non-hydrogen) atoms. The SMILES string of the molecule is CC(C)NCCCc1nnc(-c2cc(Br)ccc2Cl)o1. The first-order valence-electron chi connectivity index (χ1n) is 6.57. The van der Waals surface area contributed by atoms with Crippen LogP contribution in [0.3, 0.4) is 0 Å². The van der Waals surface area contributed by atoms with Crippen LogP contribution < -0.4 is 5.32 Å². The van der Waals surface area contributed by atoms with Crippen LogP contribution in [0.1, 0.15) is 26.2 Å². The summed E-state index contributed by atoms with van der Waals surface area (Å²) in [6.45, 7) is 5.19. The van der Waals surface area contributed by atoms with Crippen molar-refractivity contribution in [2.24, 2.45) is 0 Å². The predicted molar refractivity (Wildman–Crippen MR) is 83.9 cm³/mol. The van der Waals surface area contributed by atoms with Crippen LogP contribution >= 0.6 is 27.5 Å². The second-order valence-electron chi connectivity index (χ2n) is 4.84. The lowest BCUT2D eigenvalue weighted by molar-refractivity contribution is 0.484. The van der Waals surface area contributed by atoms with Gasteiger partial charge in [-0.3, -0.25) is 0 Å². The number of aryl methyl sites for hydroxylation is 1. The number of nitrogens with zero attached hydrogens (tertiary/aromatic N) is 2. The average Bonchev–Trinajstić information content (AvgIpc) is 2.86. The minimum absolute atomic E-state index is 0.461. The zero-order valence-corrected chi connectivity index (χ0v) is 13.8. The fourth-order valence-corrected chi connectivity index (χ4v) is 2.31. The summed E-state index contributed by atoms with van der Waals surface area (Å²) < 4.78 is 6.59. The van der Waals surface area contributed by atoms with Gasteiger partial charge in [0.1, 0.15) is 0 Å². The molecule has 0 saturated carbocycles. The molecule has 0 bridgehead atoms. The molecule has 1 N–H and O–H groups in total. The van der Waals surface area contributed by atoms with E-state index in [0.29, 0.717) is 22.8 Å². The van der Waals surface area contributed by atoms with Gasteiger partial charge in [-0.2, -0.15) is 0 Å². The van der Waals surface area contributed by atoms with Crippen LogP contribution in [0.2, 0.25) is 5.02 Å². The van der Waals surface area contributed by atoms with E-state index in [1.165, 1.54) is 0 Å². The molecule has 2 rings (SSSR count). The molecule has 1 aromatic carbocycles. The monoisotopic (exact) mass is 357 g/mol. The summed E-state index contributed by atoms with van der Waals surface area (Å²) in [6.07, 6.45) is 1.73. The Hall–Kier alpha value is -0.910. The number of halogens is 2. The maximum absolute atomic E-state index is 6.14. The van der Waals surface area contributed by atoms with Gasteiger partial charge in [0, 0.05) is 16.9 Å². The largest absolute Gasteiger partial charge is 0.421 e. The Labute approximate surface area is 132 Å². The molecule has 0 aliphatic heterocycles. The highest BCUT2D eigenvalue weighted by atomic mass is 79.9. The predicted octanol–water partition coefficient (Wildman–Crippen LogP) is 4.08. The lowest BCUT2D eigenvalue weighted by Gasteiger charge is -2.05. The topological polar surface area (TPSA) is 51.0 Å². The lowest BCUT2D eigenvalue weighted by Crippen LogP contribution is -2.23. The van der Waals surface area contributed by atoms with E-state index in [1.807, 2.05) is 12.1 Å². The molecule has 6 heteroatoms. The quantitative estimate of drug-likeness (QED) is 0.790. The molecule has 4 nitrogen and oxygen atoms in total. The molecule has 0 amide bonds. The number of hydrogen-bond donors (Lipinski definition) is 1. The molecule has 1 aromatic heterocycles. The van der Waals surface area contributed by atoms with Crippen LogP contribution in [0.4, 0.5) is 0 Å². The highest BCUT2D eigenvalue weighted by molar-refractivity contribution is 9.10. The van der Waals surface area contributed by atoms with Gasteiger partial charge in [0.2, 0.25) is 11.8 Å². The number of hydrogen-bond acceptors (Lipinski definition) is 4. The van der Waals surface area contributed by atoms with Crippen LogP contribution in [0.25, 0.3) is 11.5 Å².